The van der Waals surface area contributed by atoms with E-state index in [4.69, 9.17) is 0 Å². The van der Waals surface area contributed by atoms with Gasteiger partial charge in [-0.3, -0.25) is 4.79 Å². The number of carboxylic acid groups (broad SMARTS) is 1. The average molecular weight is 311 g/mol. The van der Waals surface area contributed by atoms with Gasteiger partial charge in [-0.2, -0.15) is 4.72 Å². The Morgan fingerprint density at radius 3 is 2.38 bits per heavy atom. The molecule has 0 spiro atoms. The van der Waals surface area contributed by atoms with Crippen molar-refractivity contribution in [1.29, 1.82) is 0 Å². The van der Waals surface area contributed by atoms with E-state index in [2.05, 4.69) is 4.72 Å². The standard InChI is InChI=1S/C15H21NO4S/c17-15(18)14(13-9-5-2-6-10-13)16-21(19,20)11-12-7-3-1-4-8-12/h2,5-6,9-10,12,14,16H,1,3-4,7-8,11H2,(H,17,18)/t14-/m0/s1. The molecule has 1 aromatic rings. The number of carboxylic acids is 1. The zero-order valence-corrected chi connectivity index (χ0v) is 12.7. The van der Waals surface area contributed by atoms with Gasteiger partial charge in [0.05, 0.1) is 5.75 Å². The van der Waals surface area contributed by atoms with Gasteiger partial charge < -0.3 is 5.11 Å². The van der Waals surface area contributed by atoms with Gasteiger partial charge >= 0.3 is 5.97 Å². The maximum Gasteiger partial charge on any atom is 0.326 e. The second kappa shape index (κ2) is 7.04. The third-order valence-corrected chi connectivity index (χ3v) is 5.36. The smallest absolute Gasteiger partial charge is 0.326 e. The molecule has 0 radical (unpaired) electrons. The quantitative estimate of drug-likeness (QED) is 0.844. The van der Waals surface area contributed by atoms with Crippen LogP contribution in [0.25, 0.3) is 0 Å². The molecule has 0 saturated heterocycles. The molecule has 1 fully saturated rings. The Balaban J connectivity index is 2.07. The van der Waals surface area contributed by atoms with Crippen molar-refractivity contribution in [2.45, 2.75) is 38.1 Å². The summed E-state index contributed by atoms with van der Waals surface area (Å²) < 4.78 is 26.8. The zero-order chi connectivity index (χ0) is 15.3. The first kappa shape index (κ1) is 16.0. The van der Waals surface area contributed by atoms with Crippen molar-refractivity contribution in [3.05, 3.63) is 35.9 Å². The SMILES string of the molecule is O=C(O)[C@@H](NS(=O)(=O)CC1CCCCC1)c1ccccc1. The molecule has 0 heterocycles. The van der Waals surface area contributed by atoms with Crippen LogP contribution in [0.1, 0.15) is 43.7 Å². The largest absolute Gasteiger partial charge is 0.480 e. The molecule has 1 aromatic carbocycles. The number of carbonyl (C=O) groups is 1. The third-order valence-electron chi connectivity index (χ3n) is 3.86. The van der Waals surface area contributed by atoms with Gasteiger partial charge in [0.2, 0.25) is 10.0 Å². The van der Waals surface area contributed by atoms with Crippen LogP contribution in [0.15, 0.2) is 30.3 Å². The molecule has 1 aliphatic rings. The molecular weight excluding hydrogens is 290 g/mol. The molecule has 0 bridgehead atoms. The number of sulfonamides is 1. The lowest BCUT2D eigenvalue weighted by Gasteiger charge is -2.22. The second-order valence-electron chi connectivity index (χ2n) is 5.59. The maximum absolute atomic E-state index is 12.2. The predicted molar refractivity (Wildman–Crippen MR) is 80.3 cm³/mol. The fourth-order valence-corrected chi connectivity index (χ4v) is 4.44. The van der Waals surface area contributed by atoms with Crippen molar-refractivity contribution >= 4 is 16.0 Å². The molecule has 0 unspecified atom stereocenters. The second-order valence-corrected chi connectivity index (χ2v) is 7.38. The van der Waals surface area contributed by atoms with Gasteiger partial charge in [-0.15, -0.1) is 0 Å². The van der Waals surface area contributed by atoms with E-state index in [9.17, 15) is 18.3 Å². The highest BCUT2D eigenvalue weighted by Crippen LogP contribution is 2.25. The van der Waals surface area contributed by atoms with Crippen LogP contribution < -0.4 is 4.72 Å². The molecule has 5 nitrogen and oxygen atoms in total. The van der Waals surface area contributed by atoms with Gasteiger partial charge in [-0.25, -0.2) is 8.42 Å². The van der Waals surface area contributed by atoms with Crippen LogP contribution in [0.3, 0.4) is 0 Å². The first-order valence-corrected chi connectivity index (χ1v) is 8.91. The third kappa shape index (κ3) is 4.82. The minimum Gasteiger partial charge on any atom is -0.480 e. The Labute approximate surface area is 125 Å². The van der Waals surface area contributed by atoms with Crippen LogP contribution in [-0.4, -0.2) is 25.2 Å². The van der Waals surface area contributed by atoms with Crippen molar-refractivity contribution in [2.24, 2.45) is 5.92 Å². The lowest BCUT2D eigenvalue weighted by atomic mass is 9.91. The summed E-state index contributed by atoms with van der Waals surface area (Å²) >= 11 is 0. The van der Waals surface area contributed by atoms with E-state index >= 15 is 0 Å². The van der Waals surface area contributed by atoms with Crippen molar-refractivity contribution in [1.82, 2.24) is 4.72 Å². The molecule has 1 saturated carbocycles. The number of nitrogens with one attached hydrogen (secondary N) is 1. The van der Waals surface area contributed by atoms with Crippen molar-refractivity contribution in [3.8, 4) is 0 Å². The highest BCUT2D eigenvalue weighted by molar-refractivity contribution is 7.89. The van der Waals surface area contributed by atoms with Gasteiger partial charge in [-0.05, 0) is 24.3 Å². The van der Waals surface area contributed by atoms with E-state index in [1.165, 1.54) is 0 Å². The first-order chi connectivity index (χ1) is 9.98. The number of hydrogen-bond acceptors (Lipinski definition) is 3. The molecule has 6 heteroatoms. The summed E-state index contributed by atoms with van der Waals surface area (Å²) in [7, 11) is -3.60. The molecule has 116 valence electrons. The minimum atomic E-state index is -3.60. The average Bonchev–Trinajstić information content (AvgIpc) is 2.46. The zero-order valence-electron chi connectivity index (χ0n) is 11.9. The molecule has 2 rings (SSSR count). The van der Waals surface area contributed by atoms with E-state index in [1.807, 2.05) is 0 Å². The number of hydrogen-bond donors (Lipinski definition) is 2. The molecule has 1 aliphatic carbocycles. The van der Waals surface area contributed by atoms with E-state index in [0.717, 1.165) is 32.1 Å². The summed E-state index contributed by atoms with van der Waals surface area (Å²) in [5, 5.41) is 9.27. The van der Waals surface area contributed by atoms with E-state index < -0.39 is 22.0 Å². The number of rotatable bonds is 6. The monoisotopic (exact) mass is 311 g/mol. The summed E-state index contributed by atoms with van der Waals surface area (Å²) in [6.45, 7) is 0. The van der Waals surface area contributed by atoms with Crippen LogP contribution in [0.2, 0.25) is 0 Å². The van der Waals surface area contributed by atoms with Gasteiger partial charge in [-0.1, -0.05) is 49.6 Å². The molecule has 21 heavy (non-hydrogen) atoms. The first-order valence-electron chi connectivity index (χ1n) is 7.26. The topological polar surface area (TPSA) is 83.5 Å². The molecule has 1 atom stereocenters. The Morgan fingerprint density at radius 2 is 1.81 bits per heavy atom. The Kier molecular flexibility index (Phi) is 5.36. The molecule has 2 N–H and O–H groups in total. The highest BCUT2D eigenvalue weighted by atomic mass is 32.2. The van der Waals surface area contributed by atoms with Crippen LogP contribution in [0.5, 0.6) is 0 Å². The van der Waals surface area contributed by atoms with E-state index in [-0.39, 0.29) is 11.7 Å². The summed E-state index contributed by atoms with van der Waals surface area (Å²) in [6.07, 6.45) is 5.09. The Morgan fingerprint density at radius 1 is 1.19 bits per heavy atom. The predicted octanol–water partition coefficient (Wildman–Crippen LogP) is 2.31. The highest BCUT2D eigenvalue weighted by Gasteiger charge is 2.28. The molecule has 0 aliphatic heterocycles. The van der Waals surface area contributed by atoms with Crippen LogP contribution >= 0.6 is 0 Å². The summed E-state index contributed by atoms with van der Waals surface area (Å²) in [5.41, 5.74) is 0.442. The van der Waals surface area contributed by atoms with Gasteiger partial charge in [0.25, 0.3) is 0 Å². The van der Waals surface area contributed by atoms with Gasteiger partial charge in [0.1, 0.15) is 6.04 Å². The minimum absolute atomic E-state index is 0.0175. The number of benzene rings is 1. The number of aliphatic carboxylic acids is 1. The van der Waals surface area contributed by atoms with Crippen molar-refractivity contribution in [3.63, 3.8) is 0 Å². The Hall–Kier alpha value is -1.40. The van der Waals surface area contributed by atoms with Crippen LogP contribution in [-0.2, 0) is 14.8 Å². The lowest BCUT2D eigenvalue weighted by molar-refractivity contribution is -0.139. The lowest BCUT2D eigenvalue weighted by Crippen LogP contribution is -2.37. The maximum atomic E-state index is 12.2. The summed E-state index contributed by atoms with van der Waals surface area (Å²) in [4.78, 5) is 11.3. The molecular formula is C15H21NO4S. The van der Waals surface area contributed by atoms with Crippen molar-refractivity contribution < 1.29 is 18.3 Å². The summed E-state index contributed by atoms with van der Waals surface area (Å²) in [6, 6.07) is 7.16. The van der Waals surface area contributed by atoms with Gasteiger partial charge in [0.15, 0.2) is 0 Å². The van der Waals surface area contributed by atoms with E-state index in [0.29, 0.717) is 5.56 Å². The van der Waals surface area contributed by atoms with E-state index in [1.54, 1.807) is 30.3 Å². The fourth-order valence-electron chi connectivity index (χ4n) is 2.80. The fraction of sp³-hybridized carbons (Fsp3) is 0.533. The van der Waals surface area contributed by atoms with Crippen LogP contribution in [0, 0.1) is 5.92 Å². The summed E-state index contributed by atoms with van der Waals surface area (Å²) in [5.74, 6) is -1.03. The van der Waals surface area contributed by atoms with Crippen molar-refractivity contribution in [2.75, 3.05) is 5.75 Å². The normalized spacial score (nSPS) is 18.3. The van der Waals surface area contributed by atoms with Gasteiger partial charge in [0, 0.05) is 0 Å². The van der Waals surface area contributed by atoms with Crippen LogP contribution in [0.4, 0.5) is 0 Å². The molecule has 0 aromatic heterocycles. The Bertz CT molecular complexity index is 565. The molecule has 0 amide bonds.